The highest BCUT2D eigenvalue weighted by molar-refractivity contribution is 8.18. The molecule has 0 spiro atoms. The molecule has 3 aromatic carbocycles. The van der Waals surface area contributed by atoms with Crippen molar-refractivity contribution in [2.75, 3.05) is 0 Å². The highest BCUT2D eigenvalue weighted by Gasteiger charge is 2.35. The summed E-state index contributed by atoms with van der Waals surface area (Å²) in [4.78, 5) is 26.9. The minimum atomic E-state index is -0.365. The van der Waals surface area contributed by atoms with Crippen LogP contribution in [0.15, 0.2) is 71.6 Å². The molecular formula is C24H16Cl3NO3S. The Hall–Kier alpha value is -2.44. The van der Waals surface area contributed by atoms with Gasteiger partial charge in [-0.15, -0.1) is 0 Å². The number of thioether (sulfide) groups is 1. The topological polar surface area (TPSA) is 46.6 Å². The standard InChI is InChI=1S/C24H16Cl3NO3S/c25-18-10-9-17(20(27)12-18)14-31-21-8-4-2-5-15(21)11-22-23(29)28(24(30)32-22)13-16-6-1-3-7-19(16)26/h1-12H,13-14H2/b22-11-. The van der Waals surface area contributed by atoms with Gasteiger partial charge in [0.25, 0.3) is 11.1 Å². The number of hydrogen-bond donors (Lipinski definition) is 0. The summed E-state index contributed by atoms with van der Waals surface area (Å²) in [6.07, 6.45) is 1.66. The van der Waals surface area contributed by atoms with Gasteiger partial charge in [0, 0.05) is 26.2 Å². The number of para-hydroxylation sites is 1. The van der Waals surface area contributed by atoms with Crippen molar-refractivity contribution in [3.8, 4) is 5.75 Å². The Morgan fingerprint density at radius 2 is 1.62 bits per heavy atom. The average Bonchev–Trinajstić information content (AvgIpc) is 3.03. The Kier molecular flexibility index (Phi) is 7.11. The minimum absolute atomic E-state index is 0.120. The van der Waals surface area contributed by atoms with Gasteiger partial charge in [0.2, 0.25) is 0 Å². The third-order valence-electron chi connectivity index (χ3n) is 4.76. The fourth-order valence-electron chi connectivity index (χ4n) is 3.10. The van der Waals surface area contributed by atoms with Crippen LogP contribution in [0.4, 0.5) is 4.79 Å². The Morgan fingerprint density at radius 1 is 0.875 bits per heavy atom. The molecule has 1 fully saturated rings. The number of amides is 2. The van der Waals surface area contributed by atoms with E-state index < -0.39 is 0 Å². The van der Waals surface area contributed by atoms with Gasteiger partial charge in [-0.1, -0.05) is 77.3 Å². The number of imide groups is 1. The summed E-state index contributed by atoms with van der Waals surface area (Å²) in [5.74, 6) is 0.201. The van der Waals surface area contributed by atoms with E-state index in [-0.39, 0.29) is 24.3 Å². The summed E-state index contributed by atoms with van der Waals surface area (Å²) in [5.41, 5.74) is 2.17. The average molecular weight is 505 g/mol. The number of carbonyl (C=O) groups excluding carboxylic acids is 2. The molecule has 0 bridgehead atoms. The quantitative estimate of drug-likeness (QED) is 0.327. The van der Waals surface area contributed by atoms with Gasteiger partial charge in [0.05, 0.1) is 11.4 Å². The predicted octanol–water partition coefficient (Wildman–Crippen LogP) is 7.46. The highest BCUT2D eigenvalue weighted by Crippen LogP contribution is 2.35. The Bertz CT molecular complexity index is 1230. The van der Waals surface area contributed by atoms with Gasteiger partial charge < -0.3 is 4.74 Å². The lowest BCUT2D eigenvalue weighted by atomic mass is 10.1. The summed E-state index contributed by atoms with van der Waals surface area (Å²) in [6.45, 7) is 0.351. The predicted molar refractivity (Wildman–Crippen MR) is 130 cm³/mol. The van der Waals surface area contributed by atoms with Crippen LogP contribution in [0, 0.1) is 0 Å². The van der Waals surface area contributed by atoms with Crippen LogP contribution in [-0.2, 0) is 17.9 Å². The molecule has 4 rings (SSSR count). The van der Waals surface area contributed by atoms with Crippen molar-refractivity contribution >= 4 is 63.8 Å². The molecule has 0 aliphatic carbocycles. The van der Waals surface area contributed by atoms with Crippen LogP contribution in [0.1, 0.15) is 16.7 Å². The van der Waals surface area contributed by atoms with Gasteiger partial charge >= 0.3 is 0 Å². The zero-order chi connectivity index (χ0) is 22.7. The lowest BCUT2D eigenvalue weighted by Crippen LogP contribution is -2.27. The number of benzene rings is 3. The van der Waals surface area contributed by atoms with Crippen LogP contribution in [0.5, 0.6) is 5.75 Å². The van der Waals surface area contributed by atoms with E-state index >= 15 is 0 Å². The molecule has 0 unspecified atom stereocenters. The largest absolute Gasteiger partial charge is 0.488 e. The molecule has 1 aliphatic heterocycles. The molecule has 1 aliphatic rings. The molecule has 2 amide bonds. The zero-order valence-electron chi connectivity index (χ0n) is 16.6. The molecule has 32 heavy (non-hydrogen) atoms. The molecule has 8 heteroatoms. The van der Waals surface area contributed by atoms with Gasteiger partial charge in [-0.05, 0) is 47.7 Å². The molecule has 4 nitrogen and oxygen atoms in total. The molecule has 1 saturated heterocycles. The van der Waals surface area contributed by atoms with Crippen molar-refractivity contribution in [1.29, 1.82) is 0 Å². The first kappa shape index (κ1) is 22.7. The lowest BCUT2D eigenvalue weighted by Gasteiger charge is -2.13. The van der Waals surface area contributed by atoms with E-state index in [1.807, 2.05) is 24.3 Å². The highest BCUT2D eigenvalue weighted by atomic mass is 35.5. The minimum Gasteiger partial charge on any atom is -0.488 e. The second-order valence-corrected chi connectivity index (χ2v) is 9.17. The van der Waals surface area contributed by atoms with Crippen LogP contribution in [0.2, 0.25) is 15.1 Å². The molecule has 0 aromatic heterocycles. The summed E-state index contributed by atoms with van der Waals surface area (Å²) < 4.78 is 5.95. The van der Waals surface area contributed by atoms with E-state index in [0.717, 1.165) is 17.3 Å². The summed E-state index contributed by atoms with van der Waals surface area (Å²) in [6, 6.07) is 19.6. The zero-order valence-corrected chi connectivity index (χ0v) is 19.6. The molecule has 0 radical (unpaired) electrons. The Labute approximate surface area is 204 Å². The van der Waals surface area contributed by atoms with Crippen molar-refractivity contribution in [3.05, 3.63) is 103 Å². The number of ether oxygens (including phenoxy) is 1. The first-order chi connectivity index (χ1) is 15.4. The van der Waals surface area contributed by atoms with E-state index in [0.29, 0.717) is 36.8 Å². The third kappa shape index (κ3) is 5.13. The van der Waals surface area contributed by atoms with Gasteiger partial charge in [-0.3, -0.25) is 14.5 Å². The van der Waals surface area contributed by atoms with Crippen molar-refractivity contribution in [1.82, 2.24) is 4.90 Å². The Balaban J connectivity index is 1.53. The van der Waals surface area contributed by atoms with Crippen molar-refractivity contribution < 1.29 is 14.3 Å². The maximum absolute atomic E-state index is 12.9. The monoisotopic (exact) mass is 503 g/mol. The van der Waals surface area contributed by atoms with Crippen LogP contribution in [-0.4, -0.2) is 16.0 Å². The number of nitrogens with zero attached hydrogens (tertiary/aromatic N) is 1. The second kappa shape index (κ2) is 10.0. The van der Waals surface area contributed by atoms with E-state index in [1.165, 1.54) is 4.90 Å². The van der Waals surface area contributed by atoms with Crippen LogP contribution < -0.4 is 4.74 Å². The number of carbonyl (C=O) groups is 2. The number of hydrogen-bond acceptors (Lipinski definition) is 4. The molecule has 0 saturated carbocycles. The Morgan fingerprint density at radius 3 is 2.41 bits per heavy atom. The molecular weight excluding hydrogens is 489 g/mol. The van der Waals surface area contributed by atoms with Gasteiger partial charge in [-0.25, -0.2) is 0 Å². The maximum Gasteiger partial charge on any atom is 0.293 e. The fourth-order valence-corrected chi connectivity index (χ4v) is 4.59. The first-order valence-corrected chi connectivity index (χ1v) is 11.5. The van der Waals surface area contributed by atoms with Crippen molar-refractivity contribution in [2.45, 2.75) is 13.2 Å². The SMILES string of the molecule is O=C1S/C(=C\c2ccccc2OCc2ccc(Cl)cc2Cl)C(=O)N1Cc1ccccc1Cl. The van der Waals surface area contributed by atoms with Crippen molar-refractivity contribution in [3.63, 3.8) is 0 Å². The molecule has 1 heterocycles. The maximum atomic E-state index is 12.9. The first-order valence-electron chi connectivity index (χ1n) is 9.57. The number of halogens is 3. The number of rotatable bonds is 6. The van der Waals surface area contributed by atoms with Crippen LogP contribution in [0.3, 0.4) is 0 Å². The smallest absolute Gasteiger partial charge is 0.293 e. The molecule has 3 aromatic rings. The summed E-state index contributed by atoms with van der Waals surface area (Å²) >= 11 is 19.2. The summed E-state index contributed by atoms with van der Waals surface area (Å²) in [7, 11) is 0. The summed E-state index contributed by atoms with van der Waals surface area (Å²) in [5, 5.41) is 1.23. The van der Waals surface area contributed by atoms with E-state index in [4.69, 9.17) is 39.5 Å². The van der Waals surface area contributed by atoms with Gasteiger partial charge in [0.15, 0.2) is 0 Å². The van der Waals surface area contributed by atoms with E-state index in [9.17, 15) is 9.59 Å². The van der Waals surface area contributed by atoms with E-state index in [2.05, 4.69) is 0 Å². The molecule has 0 N–H and O–H groups in total. The van der Waals surface area contributed by atoms with Crippen molar-refractivity contribution in [2.24, 2.45) is 0 Å². The molecule has 0 atom stereocenters. The lowest BCUT2D eigenvalue weighted by molar-refractivity contribution is -0.123. The second-order valence-electron chi connectivity index (χ2n) is 6.92. The van der Waals surface area contributed by atoms with Gasteiger partial charge in [-0.2, -0.15) is 0 Å². The fraction of sp³-hybridized carbons (Fsp3) is 0.0833. The molecule has 162 valence electrons. The van der Waals surface area contributed by atoms with E-state index in [1.54, 1.807) is 48.5 Å². The normalized spacial score (nSPS) is 15.0. The third-order valence-corrected chi connectivity index (χ3v) is 6.63. The van der Waals surface area contributed by atoms with Gasteiger partial charge in [0.1, 0.15) is 12.4 Å². The van der Waals surface area contributed by atoms with Crippen LogP contribution >= 0.6 is 46.6 Å². The van der Waals surface area contributed by atoms with Crippen LogP contribution in [0.25, 0.3) is 6.08 Å².